The number of halogens is 1. The molecule has 0 radical (unpaired) electrons. The second-order valence-electron chi connectivity index (χ2n) is 6.62. The average molecular weight is 337 g/mol. The summed E-state index contributed by atoms with van der Waals surface area (Å²) < 4.78 is 13.9. The van der Waals surface area contributed by atoms with Gasteiger partial charge in [-0.3, -0.25) is 0 Å². The summed E-state index contributed by atoms with van der Waals surface area (Å²) in [4.78, 5) is 14.3. The molecule has 24 heavy (non-hydrogen) atoms. The summed E-state index contributed by atoms with van der Waals surface area (Å²) in [5.41, 5.74) is 1.27. The Morgan fingerprint density at radius 2 is 2.04 bits per heavy atom. The van der Waals surface area contributed by atoms with Crippen molar-refractivity contribution < 1.29 is 14.3 Å². The standard InChI is InChI=1S/C18H28FN3O2/c1-3-15(8-13(2)12-23)20-18(24)21-16-9-14(19)10-17(11-16)22-6-4-5-7-22/h9-11,13,15,23H,3-8,12H2,1-2H3,(H2,20,21,24)/t13-,15-/m0/s1. The smallest absolute Gasteiger partial charge is 0.319 e. The normalized spacial score (nSPS) is 16.8. The third-order valence-electron chi connectivity index (χ3n) is 4.44. The number of nitrogens with one attached hydrogen (secondary N) is 2. The SMILES string of the molecule is CC[C@@H](C[C@H](C)CO)NC(=O)Nc1cc(F)cc(N2CCCC2)c1. The van der Waals surface area contributed by atoms with E-state index in [1.165, 1.54) is 12.1 Å². The first kappa shape index (κ1) is 18.5. The number of amides is 2. The Morgan fingerprint density at radius 3 is 2.67 bits per heavy atom. The van der Waals surface area contributed by atoms with Crippen molar-refractivity contribution in [1.29, 1.82) is 0 Å². The Morgan fingerprint density at radius 1 is 1.33 bits per heavy atom. The van der Waals surface area contributed by atoms with Crippen LogP contribution in [-0.2, 0) is 0 Å². The summed E-state index contributed by atoms with van der Waals surface area (Å²) in [6, 6.07) is 4.29. The molecular weight excluding hydrogens is 309 g/mol. The van der Waals surface area contributed by atoms with Crippen LogP contribution in [0.1, 0.15) is 39.5 Å². The van der Waals surface area contributed by atoms with E-state index in [0.29, 0.717) is 12.1 Å². The van der Waals surface area contributed by atoms with Gasteiger partial charge in [0.1, 0.15) is 5.82 Å². The maximum atomic E-state index is 13.9. The van der Waals surface area contributed by atoms with Crippen molar-refractivity contribution in [3.8, 4) is 0 Å². The van der Waals surface area contributed by atoms with Crippen molar-refractivity contribution in [1.82, 2.24) is 5.32 Å². The van der Waals surface area contributed by atoms with E-state index in [-0.39, 0.29) is 30.4 Å². The lowest BCUT2D eigenvalue weighted by Crippen LogP contribution is -2.38. The monoisotopic (exact) mass is 337 g/mol. The number of carbonyl (C=O) groups is 1. The number of rotatable bonds is 7. The molecule has 1 fully saturated rings. The van der Waals surface area contributed by atoms with Crippen molar-refractivity contribution in [2.75, 3.05) is 29.9 Å². The molecule has 3 N–H and O–H groups in total. The number of anilines is 2. The molecule has 2 amide bonds. The molecule has 2 rings (SSSR count). The van der Waals surface area contributed by atoms with Crippen LogP contribution in [-0.4, -0.2) is 36.9 Å². The van der Waals surface area contributed by atoms with Crippen LogP contribution in [0.3, 0.4) is 0 Å². The molecule has 1 heterocycles. The van der Waals surface area contributed by atoms with Gasteiger partial charge in [0.15, 0.2) is 0 Å². The van der Waals surface area contributed by atoms with Crippen molar-refractivity contribution in [2.24, 2.45) is 5.92 Å². The molecule has 5 nitrogen and oxygen atoms in total. The Labute approximate surface area is 143 Å². The fourth-order valence-electron chi connectivity index (χ4n) is 3.04. The minimum absolute atomic E-state index is 0.0150. The fourth-order valence-corrected chi connectivity index (χ4v) is 3.04. The zero-order chi connectivity index (χ0) is 17.5. The van der Waals surface area contributed by atoms with Crippen LogP contribution in [0, 0.1) is 11.7 Å². The topological polar surface area (TPSA) is 64.6 Å². The lowest BCUT2D eigenvalue weighted by atomic mass is 10.0. The zero-order valence-electron chi connectivity index (χ0n) is 14.5. The lowest BCUT2D eigenvalue weighted by molar-refractivity contribution is 0.213. The highest BCUT2D eigenvalue weighted by Gasteiger charge is 2.16. The van der Waals surface area contributed by atoms with Gasteiger partial charge in [-0.2, -0.15) is 0 Å². The molecule has 1 aromatic carbocycles. The van der Waals surface area contributed by atoms with Crippen LogP contribution in [0.5, 0.6) is 0 Å². The van der Waals surface area contributed by atoms with Gasteiger partial charge < -0.3 is 20.6 Å². The molecule has 0 aliphatic carbocycles. The van der Waals surface area contributed by atoms with Crippen molar-refractivity contribution in [2.45, 2.75) is 45.6 Å². The van der Waals surface area contributed by atoms with Crippen LogP contribution >= 0.6 is 0 Å². The van der Waals surface area contributed by atoms with Crippen molar-refractivity contribution in [3.63, 3.8) is 0 Å². The van der Waals surface area contributed by atoms with Gasteiger partial charge in [0, 0.05) is 37.1 Å². The number of hydrogen-bond donors (Lipinski definition) is 3. The Hall–Kier alpha value is -1.82. The van der Waals surface area contributed by atoms with Crippen LogP contribution in [0.4, 0.5) is 20.6 Å². The maximum Gasteiger partial charge on any atom is 0.319 e. The quantitative estimate of drug-likeness (QED) is 0.715. The number of urea groups is 1. The first-order valence-electron chi connectivity index (χ1n) is 8.75. The molecule has 0 spiro atoms. The molecule has 134 valence electrons. The third-order valence-corrected chi connectivity index (χ3v) is 4.44. The summed E-state index contributed by atoms with van der Waals surface area (Å²) in [5, 5.41) is 14.8. The van der Waals surface area contributed by atoms with Gasteiger partial charge in [0.25, 0.3) is 0 Å². The van der Waals surface area contributed by atoms with E-state index in [4.69, 9.17) is 5.11 Å². The summed E-state index contributed by atoms with van der Waals surface area (Å²) in [7, 11) is 0. The number of nitrogens with zero attached hydrogens (tertiary/aromatic N) is 1. The molecule has 0 unspecified atom stereocenters. The molecular formula is C18H28FN3O2. The summed E-state index contributed by atoms with van der Waals surface area (Å²) in [6.07, 6.45) is 3.71. The van der Waals surface area contributed by atoms with Gasteiger partial charge in [0.05, 0.1) is 0 Å². The number of hydrogen-bond acceptors (Lipinski definition) is 3. The fraction of sp³-hybridized carbons (Fsp3) is 0.611. The Kier molecular flexibility index (Phi) is 6.85. The molecule has 2 atom stereocenters. The van der Waals surface area contributed by atoms with E-state index in [0.717, 1.165) is 38.0 Å². The second-order valence-corrected chi connectivity index (χ2v) is 6.62. The Balaban J connectivity index is 1.97. The largest absolute Gasteiger partial charge is 0.396 e. The number of aliphatic hydroxyl groups excluding tert-OH is 1. The molecule has 1 aromatic rings. The van der Waals surface area contributed by atoms with Gasteiger partial charge in [-0.25, -0.2) is 9.18 Å². The van der Waals surface area contributed by atoms with E-state index in [9.17, 15) is 9.18 Å². The number of aliphatic hydroxyl groups is 1. The summed E-state index contributed by atoms with van der Waals surface area (Å²) in [6.45, 7) is 5.88. The predicted octanol–water partition coefficient (Wildman–Crippen LogP) is 3.34. The van der Waals surface area contributed by atoms with Crippen molar-refractivity contribution in [3.05, 3.63) is 24.0 Å². The van der Waals surface area contributed by atoms with Gasteiger partial charge >= 0.3 is 6.03 Å². The van der Waals surface area contributed by atoms with Gasteiger partial charge in [-0.05, 0) is 49.8 Å². The van der Waals surface area contributed by atoms with E-state index in [2.05, 4.69) is 15.5 Å². The van der Waals surface area contributed by atoms with Gasteiger partial charge in [0.2, 0.25) is 0 Å². The highest BCUT2D eigenvalue weighted by molar-refractivity contribution is 5.90. The molecule has 0 saturated carbocycles. The van der Waals surface area contributed by atoms with Gasteiger partial charge in [-0.1, -0.05) is 13.8 Å². The van der Waals surface area contributed by atoms with Gasteiger partial charge in [-0.15, -0.1) is 0 Å². The second kappa shape index (κ2) is 8.87. The maximum absolute atomic E-state index is 13.9. The molecule has 1 saturated heterocycles. The van der Waals surface area contributed by atoms with Crippen molar-refractivity contribution >= 4 is 17.4 Å². The van der Waals surface area contributed by atoms with E-state index in [1.807, 2.05) is 19.9 Å². The first-order valence-corrected chi connectivity index (χ1v) is 8.75. The molecule has 0 bridgehead atoms. The highest BCUT2D eigenvalue weighted by atomic mass is 19.1. The van der Waals surface area contributed by atoms with E-state index >= 15 is 0 Å². The molecule has 0 aromatic heterocycles. The summed E-state index contributed by atoms with van der Waals surface area (Å²) in [5.74, 6) is -0.221. The summed E-state index contributed by atoms with van der Waals surface area (Å²) >= 11 is 0. The number of carbonyl (C=O) groups excluding carboxylic acids is 1. The van der Waals surface area contributed by atoms with Crippen LogP contribution < -0.4 is 15.5 Å². The van der Waals surface area contributed by atoms with Crippen LogP contribution in [0.25, 0.3) is 0 Å². The zero-order valence-corrected chi connectivity index (χ0v) is 14.5. The minimum Gasteiger partial charge on any atom is -0.396 e. The first-order chi connectivity index (χ1) is 11.5. The van der Waals surface area contributed by atoms with E-state index < -0.39 is 0 Å². The van der Waals surface area contributed by atoms with Crippen LogP contribution in [0.15, 0.2) is 18.2 Å². The van der Waals surface area contributed by atoms with E-state index in [1.54, 1.807) is 0 Å². The third kappa shape index (κ3) is 5.37. The molecule has 1 aliphatic rings. The minimum atomic E-state index is -0.351. The molecule has 1 aliphatic heterocycles. The van der Waals surface area contributed by atoms with Crippen LogP contribution in [0.2, 0.25) is 0 Å². The predicted molar refractivity (Wildman–Crippen MR) is 94.9 cm³/mol. The highest BCUT2D eigenvalue weighted by Crippen LogP contribution is 2.25. The number of benzene rings is 1. The molecule has 6 heteroatoms. The Bertz CT molecular complexity index is 547. The lowest BCUT2D eigenvalue weighted by Gasteiger charge is -2.21. The average Bonchev–Trinajstić information content (AvgIpc) is 3.07.